The van der Waals surface area contributed by atoms with Crippen LogP contribution in [-0.2, 0) is 14.3 Å². The molecule has 9 nitrogen and oxygen atoms in total. The van der Waals surface area contributed by atoms with Crippen LogP contribution in [0.2, 0.25) is 0 Å². The highest BCUT2D eigenvalue weighted by Crippen LogP contribution is 2.38. The van der Waals surface area contributed by atoms with Gasteiger partial charge >= 0.3 is 12.0 Å². The van der Waals surface area contributed by atoms with Crippen molar-refractivity contribution in [1.82, 2.24) is 10.6 Å². The second-order valence-electron chi connectivity index (χ2n) is 7.24. The molecule has 0 fully saturated rings. The number of methoxy groups -OCH3 is 2. The number of carbonyl (C=O) groups is 3. The first-order valence-corrected chi connectivity index (χ1v) is 11.0. The summed E-state index contributed by atoms with van der Waals surface area (Å²) in [5, 5.41) is 8.39. The van der Waals surface area contributed by atoms with Crippen LogP contribution >= 0.6 is 22.6 Å². The molecule has 174 valence electrons. The van der Waals surface area contributed by atoms with Gasteiger partial charge in [0.25, 0.3) is 5.91 Å². The van der Waals surface area contributed by atoms with E-state index in [0.717, 1.165) is 5.56 Å². The Morgan fingerprint density at radius 3 is 2.55 bits per heavy atom. The van der Waals surface area contributed by atoms with Crippen molar-refractivity contribution in [3.05, 3.63) is 62.4 Å². The van der Waals surface area contributed by atoms with E-state index in [-0.39, 0.29) is 12.5 Å². The molecule has 33 heavy (non-hydrogen) atoms. The van der Waals surface area contributed by atoms with Crippen LogP contribution in [-0.4, -0.2) is 38.7 Å². The van der Waals surface area contributed by atoms with Gasteiger partial charge in [-0.15, -0.1) is 0 Å². The predicted octanol–water partition coefficient (Wildman–Crippen LogP) is 3.43. The molecule has 0 unspecified atom stereocenters. The Morgan fingerprint density at radius 1 is 1.15 bits per heavy atom. The van der Waals surface area contributed by atoms with Crippen molar-refractivity contribution in [3.8, 4) is 11.5 Å². The van der Waals surface area contributed by atoms with Crippen molar-refractivity contribution in [2.45, 2.75) is 19.9 Å². The van der Waals surface area contributed by atoms with Gasteiger partial charge in [0, 0.05) is 11.4 Å². The Morgan fingerprint density at radius 2 is 1.88 bits per heavy atom. The number of amides is 3. The van der Waals surface area contributed by atoms with E-state index in [9.17, 15) is 14.4 Å². The van der Waals surface area contributed by atoms with E-state index < -0.39 is 18.0 Å². The van der Waals surface area contributed by atoms with E-state index in [2.05, 4.69) is 20.7 Å². The number of esters is 1. The highest BCUT2D eigenvalue weighted by Gasteiger charge is 2.32. The van der Waals surface area contributed by atoms with E-state index in [1.54, 1.807) is 19.1 Å². The van der Waals surface area contributed by atoms with Gasteiger partial charge in [0.15, 0.2) is 18.1 Å². The number of rotatable bonds is 7. The van der Waals surface area contributed by atoms with Crippen molar-refractivity contribution in [1.29, 1.82) is 0 Å². The number of aryl methyl sites for hydroxylation is 1. The van der Waals surface area contributed by atoms with Gasteiger partial charge in [-0.1, -0.05) is 18.2 Å². The maximum Gasteiger partial charge on any atom is 0.343 e. The minimum atomic E-state index is -0.736. The number of urea groups is 1. The van der Waals surface area contributed by atoms with Gasteiger partial charge in [-0.25, -0.2) is 9.59 Å². The van der Waals surface area contributed by atoms with E-state index in [4.69, 9.17) is 9.47 Å². The van der Waals surface area contributed by atoms with Gasteiger partial charge < -0.3 is 30.2 Å². The van der Waals surface area contributed by atoms with E-state index >= 15 is 0 Å². The van der Waals surface area contributed by atoms with E-state index in [1.165, 1.54) is 14.2 Å². The zero-order valence-electron chi connectivity index (χ0n) is 18.6. The second kappa shape index (κ2) is 10.6. The Kier molecular flexibility index (Phi) is 7.79. The third-order valence-corrected chi connectivity index (χ3v) is 5.86. The normalized spacial score (nSPS) is 15.3. The van der Waals surface area contributed by atoms with E-state index in [1.807, 2.05) is 53.8 Å². The largest absolute Gasteiger partial charge is 0.493 e. The summed E-state index contributed by atoms with van der Waals surface area (Å²) in [5.41, 5.74) is 3.01. The van der Waals surface area contributed by atoms with Gasteiger partial charge in [0.05, 0.1) is 29.4 Å². The monoisotopic (exact) mass is 565 g/mol. The second-order valence-corrected chi connectivity index (χ2v) is 8.40. The lowest BCUT2D eigenvalue weighted by molar-refractivity contribution is -0.143. The maximum absolute atomic E-state index is 13.3. The fourth-order valence-electron chi connectivity index (χ4n) is 3.38. The molecule has 0 spiro atoms. The summed E-state index contributed by atoms with van der Waals surface area (Å²) in [7, 11) is 2.74. The molecule has 0 aromatic heterocycles. The minimum Gasteiger partial charge on any atom is -0.493 e. The molecule has 0 aliphatic carbocycles. The lowest BCUT2D eigenvalue weighted by Crippen LogP contribution is -2.46. The third kappa shape index (κ3) is 5.56. The van der Waals surface area contributed by atoms with Gasteiger partial charge in [-0.05, 0) is 65.8 Å². The topological polar surface area (TPSA) is 115 Å². The van der Waals surface area contributed by atoms with Crippen molar-refractivity contribution in [2.24, 2.45) is 0 Å². The Hall–Kier alpha value is -3.28. The number of allylic oxidation sites excluding steroid dienone is 1. The molecule has 1 heterocycles. The third-order valence-electron chi connectivity index (χ3n) is 5.05. The average molecular weight is 565 g/mol. The number of hydrogen-bond acceptors (Lipinski definition) is 6. The number of para-hydroxylation sites is 1. The first-order valence-electron chi connectivity index (χ1n) is 9.97. The van der Waals surface area contributed by atoms with Gasteiger partial charge in [0.2, 0.25) is 0 Å². The molecule has 2 aromatic rings. The van der Waals surface area contributed by atoms with Crippen LogP contribution in [0.3, 0.4) is 0 Å². The molecular weight excluding hydrogens is 541 g/mol. The molecule has 2 aromatic carbocycles. The lowest BCUT2D eigenvalue weighted by atomic mass is 9.94. The van der Waals surface area contributed by atoms with Crippen molar-refractivity contribution < 1.29 is 28.6 Å². The number of ether oxygens (including phenoxy) is 3. The molecule has 3 N–H and O–H groups in total. The SMILES string of the molecule is COC(=O)COc1c(I)cc([C@H]2NC(=O)NC(C)=C2C(=O)Nc2ccccc2C)cc1OC. The van der Waals surface area contributed by atoms with Crippen LogP contribution < -0.4 is 25.4 Å². The summed E-state index contributed by atoms with van der Waals surface area (Å²) in [4.78, 5) is 37.0. The summed E-state index contributed by atoms with van der Waals surface area (Å²) < 4.78 is 16.3. The van der Waals surface area contributed by atoms with Gasteiger partial charge in [-0.3, -0.25) is 4.79 Å². The number of anilines is 1. The summed E-state index contributed by atoms with van der Waals surface area (Å²) >= 11 is 2.05. The zero-order chi connectivity index (χ0) is 24.1. The van der Waals surface area contributed by atoms with Crippen LogP contribution in [0, 0.1) is 10.5 Å². The van der Waals surface area contributed by atoms with Crippen LogP contribution in [0.1, 0.15) is 24.1 Å². The lowest BCUT2D eigenvalue weighted by Gasteiger charge is -2.29. The average Bonchev–Trinajstić information content (AvgIpc) is 2.78. The fourth-order valence-corrected chi connectivity index (χ4v) is 4.17. The molecular formula is C23H24IN3O6. The van der Waals surface area contributed by atoms with Crippen LogP contribution in [0.5, 0.6) is 11.5 Å². The summed E-state index contributed by atoms with van der Waals surface area (Å²) in [6.45, 7) is 3.29. The smallest absolute Gasteiger partial charge is 0.343 e. The molecule has 10 heteroatoms. The highest BCUT2D eigenvalue weighted by atomic mass is 127. The molecule has 1 aliphatic heterocycles. The maximum atomic E-state index is 13.3. The highest BCUT2D eigenvalue weighted by molar-refractivity contribution is 14.1. The summed E-state index contributed by atoms with van der Waals surface area (Å²) in [5.74, 6) is -0.167. The molecule has 0 bridgehead atoms. The van der Waals surface area contributed by atoms with Crippen LogP contribution in [0.15, 0.2) is 47.7 Å². The molecule has 0 saturated heterocycles. The fraction of sp³-hybridized carbons (Fsp3) is 0.261. The summed E-state index contributed by atoms with van der Waals surface area (Å²) in [6.07, 6.45) is 0. The minimum absolute atomic E-state index is 0.282. The predicted molar refractivity (Wildman–Crippen MR) is 130 cm³/mol. The Balaban J connectivity index is 1.98. The first kappa shape index (κ1) is 24.4. The number of halogens is 1. The van der Waals surface area contributed by atoms with Gasteiger partial charge in [-0.2, -0.15) is 0 Å². The molecule has 1 atom stereocenters. The van der Waals surface area contributed by atoms with Crippen molar-refractivity contribution in [3.63, 3.8) is 0 Å². The number of carbonyl (C=O) groups excluding carboxylic acids is 3. The molecule has 1 aliphatic rings. The molecule has 0 radical (unpaired) electrons. The number of nitrogens with one attached hydrogen (secondary N) is 3. The van der Waals surface area contributed by atoms with Crippen molar-refractivity contribution >= 4 is 46.2 Å². The standard InChI is InChI=1S/C23H24IN3O6/c1-12-7-5-6-8-16(12)26-22(29)19-13(2)25-23(30)27-20(19)14-9-15(24)21(17(10-14)31-3)33-11-18(28)32-4/h5-10,20H,11H2,1-4H3,(H,26,29)(H2,25,27,30)/t20-/m1/s1. The first-order chi connectivity index (χ1) is 15.7. The van der Waals surface area contributed by atoms with Gasteiger partial charge in [0.1, 0.15) is 0 Å². The summed E-state index contributed by atoms with van der Waals surface area (Å²) in [6, 6.07) is 9.70. The van der Waals surface area contributed by atoms with Crippen molar-refractivity contribution in [2.75, 3.05) is 26.1 Å². The Labute approximate surface area is 205 Å². The molecule has 3 rings (SSSR count). The molecule has 3 amide bonds. The van der Waals surface area contributed by atoms with E-state index in [0.29, 0.717) is 37.6 Å². The zero-order valence-corrected chi connectivity index (χ0v) is 20.7. The van der Waals surface area contributed by atoms with Crippen LogP contribution in [0.4, 0.5) is 10.5 Å². The quantitative estimate of drug-likeness (QED) is 0.350. The molecule has 0 saturated carbocycles. The van der Waals surface area contributed by atoms with Crippen LogP contribution in [0.25, 0.3) is 0 Å². The number of benzene rings is 2. The number of hydrogen-bond donors (Lipinski definition) is 3. The Bertz CT molecular complexity index is 1130.